The molecule has 0 bridgehead atoms. The molecule has 0 spiro atoms. The summed E-state index contributed by atoms with van der Waals surface area (Å²) in [7, 11) is 0. The Morgan fingerprint density at radius 2 is 1.65 bits per heavy atom. The molecule has 4 nitrogen and oxygen atoms in total. The molecule has 1 amide bonds. The number of benzene rings is 2. The lowest BCUT2D eigenvalue weighted by atomic mass is 10.0. The minimum absolute atomic E-state index is 0.0152. The number of amides is 1. The summed E-state index contributed by atoms with van der Waals surface area (Å²) in [6, 6.07) is 17.0. The smallest absolute Gasteiger partial charge is 0.412 e. The van der Waals surface area contributed by atoms with E-state index in [1.54, 1.807) is 12.1 Å². The summed E-state index contributed by atoms with van der Waals surface area (Å²) in [6.45, 7) is 5.45. The van der Waals surface area contributed by atoms with Gasteiger partial charge in [-0.15, -0.1) is 11.3 Å². The summed E-state index contributed by atoms with van der Waals surface area (Å²) in [4.78, 5) is 24.9. The van der Waals surface area contributed by atoms with E-state index in [-0.39, 0.29) is 12.2 Å². The van der Waals surface area contributed by atoms with E-state index >= 15 is 0 Å². The SMILES string of the molecule is CC(C)(C)OC(=O)Nc1sc2ccccc2c1CC(=O)c1ccccc1. The summed E-state index contributed by atoms with van der Waals surface area (Å²) < 4.78 is 6.38. The van der Waals surface area contributed by atoms with Crippen LogP contribution in [0, 0.1) is 0 Å². The van der Waals surface area contributed by atoms with E-state index in [9.17, 15) is 9.59 Å². The molecular weight excluding hydrogens is 346 g/mol. The summed E-state index contributed by atoms with van der Waals surface area (Å²) in [5.41, 5.74) is 0.900. The van der Waals surface area contributed by atoms with E-state index in [1.165, 1.54) is 11.3 Å². The minimum Gasteiger partial charge on any atom is -0.444 e. The fraction of sp³-hybridized carbons (Fsp3) is 0.238. The maximum Gasteiger partial charge on any atom is 0.412 e. The van der Waals surface area contributed by atoms with Gasteiger partial charge in [0.05, 0.1) is 0 Å². The Labute approximate surface area is 156 Å². The number of thiophene rings is 1. The van der Waals surface area contributed by atoms with Crippen LogP contribution < -0.4 is 5.32 Å². The molecule has 0 fully saturated rings. The van der Waals surface area contributed by atoms with E-state index in [0.717, 1.165) is 15.6 Å². The topological polar surface area (TPSA) is 55.4 Å². The average molecular weight is 367 g/mol. The number of ether oxygens (including phenoxy) is 1. The van der Waals surface area contributed by atoms with Gasteiger partial charge in [-0.3, -0.25) is 10.1 Å². The van der Waals surface area contributed by atoms with Crippen molar-refractivity contribution < 1.29 is 14.3 Å². The third-order valence-electron chi connectivity index (χ3n) is 3.75. The van der Waals surface area contributed by atoms with Gasteiger partial charge in [-0.2, -0.15) is 0 Å². The number of hydrogen-bond donors (Lipinski definition) is 1. The fourth-order valence-electron chi connectivity index (χ4n) is 2.66. The van der Waals surface area contributed by atoms with Gasteiger partial charge in [-0.05, 0) is 32.2 Å². The average Bonchev–Trinajstić information content (AvgIpc) is 2.91. The number of fused-ring (bicyclic) bond motifs is 1. The van der Waals surface area contributed by atoms with Crippen molar-refractivity contribution in [3.8, 4) is 0 Å². The molecule has 0 aliphatic heterocycles. The third kappa shape index (κ3) is 4.29. The number of rotatable bonds is 4. The first kappa shape index (κ1) is 18.1. The molecule has 0 saturated heterocycles. The van der Waals surface area contributed by atoms with Gasteiger partial charge >= 0.3 is 6.09 Å². The predicted octanol–water partition coefficient (Wildman–Crippen LogP) is 5.67. The number of hydrogen-bond acceptors (Lipinski definition) is 4. The Morgan fingerprint density at radius 1 is 1.00 bits per heavy atom. The highest BCUT2D eigenvalue weighted by molar-refractivity contribution is 7.23. The number of carbonyl (C=O) groups excluding carboxylic acids is 2. The number of nitrogens with one attached hydrogen (secondary N) is 1. The molecule has 1 aromatic heterocycles. The molecule has 3 rings (SSSR count). The summed E-state index contributed by atoms with van der Waals surface area (Å²) in [5, 5.41) is 4.46. The highest BCUT2D eigenvalue weighted by Gasteiger charge is 2.21. The van der Waals surface area contributed by atoms with Crippen LogP contribution in [-0.4, -0.2) is 17.5 Å². The van der Waals surface area contributed by atoms with E-state index in [4.69, 9.17) is 4.74 Å². The lowest BCUT2D eigenvalue weighted by molar-refractivity contribution is 0.0636. The Hall–Kier alpha value is -2.66. The predicted molar refractivity (Wildman–Crippen MR) is 106 cm³/mol. The molecule has 0 radical (unpaired) electrons. The second-order valence-corrected chi connectivity index (χ2v) is 8.05. The van der Waals surface area contributed by atoms with Crippen molar-refractivity contribution in [1.29, 1.82) is 0 Å². The highest BCUT2D eigenvalue weighted by Crippen LogP contribution is 2.36. The quantitative estimate of drug-likeness (QED) is 0.604. The molecule has 0 unspecified atom stereocenters. The Balaban J connectivity index is 1.92. The molecule has 0 saturated carbocycles. The molecule has 1 heterocycles. The molecule has 1 N–H and O–H groups in total. The van der Waals surface area contributed by atoms with Crippen molar-refractivity contribution in [2.75, 3.05) is 5.32 Å². The van der Waals surface area contributed by atoms with E-state index in [1.807, 2.05) is 63.2 Å². The van der Waals surface area contributed by atoms with Crippen LogP contribution in [0.15, 0.2) is 54.6 Å². The van der Waals surface area contributed by atoms with Crippen LogP contribution in [0.4, 0.5) is 9.80 Å². The molecule has 2 aromatic carbocycles. The van der Waals surface area contributed by atoms with Crippen LogP contribution in [-0.2, 0) is 11.2 Å². The zero-order valence-electron chi connectivity index (χ0n) is 15.0. The van der Waals surface area contributed by atoms with Gasteiger partial charge in [0.2, 0.25) is 0 Å². The van der Waals surface area contributed by atoms with Gasteiger partial charge in [0.25, 0.3) is 0 Å². The second-order valence-electron chi connectivity index (χ2n) is 7.00. The number of ketones is 1. The second kappa shape index (κ2) is 7.30. The fourth-order valence-corrected chi connectivity index (χ4v) is 3.77. The normalized spacial score (nSPS) is 11.3. The first-order valence-electron chi connectivity index (χ1n) is 8.42. The third-order valence-corrected chi connectivity index (χ3v) is 4.87. The van der Waals surface area contributed by atoms with Gasteiger partial charge in [-0.25, -0.2) is 4.79 Å². The van der Waals surface area contributed by atoms with Crippen molar-refractivity contribution in [3.05, 3.63) is 65.7 Å². The van der Waals surface area contributed by atoms with Crippen molar-refractivity contribution in [2.45, 2.75) is 32.8 Å². The van der Waals surface area contributed by atoms with E-state index in [0.29, 0.717) is 10.6 Å². The number of carbonyl (C=O) groups is 2. The number of Topliss-reactive ketones (excluding diaryl/α,β-unsaturated/α-hetero) is 1. The van der Waals surface area contributed by atoms with Crippen LogP contribution in [0.25, 0.3) is 10.1 Å². The lowest BCUT2D eigenvalue weighted by Crippen LogP contribution is -2.27. The zero-order chi connectivity index (χ0) is 18.7. The molecule has 0 aliphatic carbocycles. The molecule has 3 aromatic rings. The summed E-state index contributed by atoms with van der Waals surface area (Å²) >= 11 is 1.45. The van der Waals surface area contributed by atoms with E-state index < -0.39 is 11.7 Å². The molecule has 0 aliphatic rings. The Bertz CT molecular complexity index is 939. The van der Waals surface area contributed by atoms with Gasteiger partial charge < -0.3 is 4.74 Å². The molecule has 0 atom stereocenters. The van der Waals surface area contributed by atoms with Gasteiger partial charge in [0.1, 0.15) is 10.6 Å². The molecular formula is C21H21NO3S. The van der Waals surface area contributed by atoms with Gasteiger partial charge in [0.15, 0.2) is 5.78 Å². The lowest BCUT2D eigenvalue weighted by Gasteiger charge is -2.19. The summed E-state index contributed by atoms with van der Waals surface area (Å²) in [5.74, 6) is 0.0152. The van der Waals surface area contributed by atoms with E-state index in [2.05, 4.69) is 5.32 Å². The van der Waals surface area contributed by atoms with Crippen molar-refractivity contribution in [1.82, 2.24) is 0 Å². The standard InChI is InChI=1S/C21H21NO3S/c1-21(2,3)25-20(24)22-19-16(15-11-7-8-12-18(15)26-19)13-17(23)14-9-5-4-6-10-14/h4-12H,13H2,1-3H3,(H,22,24). The van der Waals surface area contributed by atoms with Crippen molar-refractivity contribution in [3.63, 3.8) is 0 Å². The van der Waals surface area contributed by atoms with Crippen molar-refractivity contribution >= 4 is 38.3 Å². The summed E-state index contributed by atoms with van der Waals surface area (Å²) in [6.07, 6.45) is -0.295. The molecule has 26 heavy (non-hydrogen) atoms. The van der Waals surface area contributed by atoms with Crippen molar-refractivity contribution in [2.24, 2.45) is 0 Å². The van der Waals surface area contributed by atoms with Gasteiger partial charge in [-0.1, -0.05) is 48.5 Å². The van der Waals surface area contributed by atoms with Crippen LogP contribution in [0.2, 0.25) is 0 Å². The van der Waals surface area contributed by atoms with Crippen LogP contribution in [0.1, 0.15) is 36.7 Å². The Morgan fingerprint density at radius 3 is 2.35 bits per heavy atom. The first-order chi connectivity index (χ1) is 12.3. The van der Waals surface area contributed by atoms with Crippen LogP contribution in [0.5, 0.6) is 0 Å². The number of anilines is 1. The van der Waals surface area contributed by atoms with Crippen LogP contribution >= 0.6 is 11.3 Å². The molecule has 5 heteroatoms. The largest absolute Gasteiger partial charge is 0.444 e. The Kier molecular flexibility index (Phi) is 5.09. The first-order valence-corrected chi connectivity index (χ1v) is 9.24. The monoisotopic (exact) mass is 367 g/mol. The zero-order valence-corrected chi connectivity index (χ0v) is 15.9. The van der Waals surface area contributed by atoms with Gasteiger partial charge in [0, 0.05) is 22.2 Å². The maximum atomic E-state index is 12.7. The van der Waals surface area contributed by atoms with Crippen LogP contribution in [0.3, 0.4) is 0 Å². The maximum absolute atomic E-state index is 12.7. The minimum atomic E-state index is -0.583. The molecule has 134 valence electrons. The highest BCUT2D eigenvalue weighted by atomic mass is 32.1.